The highest BCUT2D eigenvalue weighted by Crippen LogP contribution is 2.37. The Morgan fingerprint density at radius 3 is 2.75 bits per heavy atom. The lowest BCUT2D eigenvalue weighted by Crippen LogP contribution is -2.53. The minimum Gasteiger partial charge on any atom is -0.496 e. The Balaban J connectivity index is 2.40. The van der Waals surface area contributed by atoms with Crippen molar-refractivity contribution in [1.29, 1.82) is 0 Å². The van der Waals surface area contributed by atoms with E-state index >= 15 is 0 Å². The summed E-state index contributed by atoms with van der Waals surface area (Å²) < 4.78 is 23.8. The highest BCUT2D eigenvalue weighted by molar-refractivity contribution is 5.42. The summed E-state index contributed by atoms with van der Waals surface area (Å²) in [5.74, 6) is 0.484. The fourth-order valence-corrected chi connectivity index (χ4v) is 2.13. The van der Waals surface area contributed by atoms with Gasteiger partial charge in [0, 0.05) is 12.1 Å². The average molecular weight is 225 g/mol. The lowest BCUT2D eigenvalue weighted by Gasteiger charge is -2.42. The molecule has 0 unspecified atom stereocenters. The lowest BCUT2D eigenvalue weighted by atomic mass is 9.78. The Kier molecular flexibility index (Phi) is 3.12. The molecule has 2 rings (SSSR count). The summed E-state index contributed by atoms with van der Waals surface area (Å²) >= 11 is 0. The van der Waals surface area contributed by atoms with E-state index in [-0.39, 0.29) is 11.2 Å². The van der Waals surface area contributed by atoms with Gasteiger partial charge in [-0.25, -0.2) is 4.39 Å². The third-order valence-corrected chi connectivity index (χ3v) is 3.00. The number of likely N-dealkylation sites (N-methyl/N-ethyl adjacent to an activating group) is 1. The van der Waals surface area contributed by atoms with Crippen LogP contribution in [0, 0.1) is 5.82 Å². The van der Waals surface area contributed by atoms with Gasteiger partial charge in [-0.3, -0.25) is 0 Å². The molecule has 1 heterocycles. The van der Waals surface area contributed by atoms with Gasteiger partial charge in [0.25, 0.3) is 0 Å². The largest absolute Gasteiger partial charge is 0.496 e. The maximum atomic E-state index is 13.3. The van der Waals surface area contributed by atoms with Crippen LogP contribution in [0.3, 0.4) is 0 Å². The first kappa shape index (κ1) is 11.4. The van der Waals surface area contributed by atoms with Crippen molar-refractivity contribution >= 4 is 0 Å². The fraction of sp³-hybridized carbons (Fsp3) is 0.500. The molecule has 4 heteroatoms. The molecule has 1 aliphatic rings. The average Bonchev–Trinajstić information content (AvgIpc) is 2.23. The van der Waals surface area contributed by atoms with Crippen LogP contribution in [0.2, 0.25) is 0 Å². The quantitative estimate of drug-likeness (QED) is 0.838. The SMILES string of the molecule is CNCC1(c2cc(F)ccc2OC)COC1. The van der Waals surface area contributed by atoms with Crippen molar-refractivity contribution in [1.82, 2.24) is 5.32 Å². The smallest absolute Gasteiger partial charge is 0.123 e. The third kappa shape index (κ3) is 1.79. The van der Waals surface area contributed by atoms with E-state index in [2.05, 4.69) is 5.32 Å². The molecule has 3 nitrogen and oxygen atoms in total. The molecule has 16 heavy (non-hydrogen) atoms. The third-order valence-electron chi connectivity index (χ3n) is 3.00. The van der Waals surface area contributed by atoms with E-state index in [1.165, 1.54) is 6.07 Å². The molecule has 1 aromatic carbocycles. The number of halogens is 1. The van der Waals surface area contributed by atoms with Gasteiger partial charge in [-0.15, -0.1) is 0 Å². The molecular formula is C12H16FNO2. The molecule has 0 radical (unpaired) electrons. The summed E-state index contributed by atoms with van der Waals surface area (Å²) in [6.45, 7) is 1.97. The van der Waals surface area contributed by atoms with E-state index in [0.29, 0.717) is 13.2 Å². The van der Waals surface area contributed by atoms with Gasteiger partial charge in [-0.2, -0.15) is 0 Å². The zero-order chi connectivity index (χ0) is 11.6. The Morgan fingerprint density at radius 2 is 2.25 bits per heavy atom. The molecule has 0 spiro atoms. The van der Waals surface area contributed by atoms with Crippen LogP contribution in [0.5, 0.6) is 5.75 Å². The number of hydrogen-bond acceptors (Lipinski definition) is 3. The van der Waals surface area contributed by atoms with Crippen molar-refractivity contribution in [2.24, 2.45) is 0 Å². The van der Waals surface area contributed by atoms with Crippen molar-refractivity contribution in [3.05, 3.63) is 29.6 Å². The van der Waals surface area contributed by atoms with E-state index in [1.807, 2.05) is 7.05 Å². The monoisotopic (exact) mass is 225 g/mol. The lowest BCUT2D eigenvalue weighted by molar-refractivity contribution is -0.0592. The van der Waals surface area contributed by atoms with Crippen molar-refractivity contribution in [3.63, 3.8) is 0 Å². The predicted molar refractivity (Wildman–Crippen MR) is 59.4 cm³/mol. The van der Waals surface area contributed by atoms with E-state index in [9.17, 15) is 4.39 Å². The Hall–Kier alpha value is -1.13. The van der Waals surface area contributed by atoms with Crippen molar-refractivity contribution < 1.29 is 13.9 Å². The van der Waals surface area contributed by atoms with E-state index < -0.39 is 0 Å². The highest BCUT2D eigenvalue weighted by atomic mass is 19.1. The van der Waals surface area contributed by atoms with Gasteiger partial charge in [0.05, 0.1) is 25.7 Å². The molecule has 1 aromatic rings. The van der Waals surface area contributed by atoms with Crippen LogP contribution in [0.25, 0.3) is 0 Å². The highest BCUT2D eigenvalue weighted by Gasteiger charge is 2.42. The van der Waals surface area contributed by atoms with E-state index in [4.69, 9.17) is 9.47 Å². The minimum atomic E-state index is -0.238. The summed E-state index contributed by atoms with van der Waals surface area (Å²) in [5.41, 5.74) is 0.734. The van der Waals surface area contributed by atoms with Gasteiger partial charge in [-0.1, -0.05) is 0 Å². The van der Waals surface area contributed by atoms with Crippen molar-refractivity contribution in [3.8, 4) is 5.75 Å². The molecular weight excluding hydrogens is 209 g/mol. The molecule has 1 N–H and O–H groups in total. The number of ether oxygens (including phenoxy) is 2. The van der Waals surface area contributed by atoms with Crippen LogP contribution in [0.4, 0.5) is 4.39 Å². The first-order valence-electron chi connectivity index (χ1n) is 5.28. The van der Waals surface area contributed by atoms with Gasteiger partial charge < -0.3 is 14.8 Å². The second-order valence-corrected chi connectivity index (χ2v) is 4.15. The van der Waals surface area contributed by atoms with Gasteiger partial charge in [0.2, 0.25) is 0 Å². The van der Waals surface area contributed by atoms with Gasteiger partial charge >= 0.3 is 0 Å². The van der Waals surface area contributed by atoms with E-state index in [1.54, 1.807) is 19.2 Å². The standard InChI is InChI=1S/C12H16FNO2/c1-14-6-12(7-16-8-12)10-5-9(13)3-4-11(10)15-2/h3-5,14H,6-8H2,1-2H3. The Bertz CT molecular complexity index is 377. The molecule has 0 amide bonds. The molecule has 0 atom stereocenters. The minimum absolute atomic E-state index is 0.151. The number of nitrogens with one attached hydrogen (secondary N) is 1. The first-order valence-corrected chi connectivity index (χ1v) is 5.28. The predicted octanol–water partition coefficient (Wildman–Crippen LogP) is 1.32. The van der Waals surface area contributed by atoms with Crippen LogP contribution in [-0.4, -0.2) is 33.9 Å². The van der Waals surface area contributed by atoms with Crippen LogP contribution < -0.4 is 10.1 Å². The summed E-state index contributed by atoms with van der Waals surface area (Å²) in [5, 5.41) is 3.12. The van der Waals surface area contributed by atoms with Crippen molar-refractivity contribution in [2.75, 3.05) is 33.9 Å². The van der Waals surface area contributed by atoms with Gasteiger partial charge in [0.15, 0.2) is 0 Å². The molecule has 0 saturated carbocycles. The topological polar surface area (TPSA) is 30.5 Å². The maximum absolute atomic E-state index is 13.3. The number of hydrogen-bond donors (Lipinski definition) is 1. The number of rotatable bonds is 4. The second kappa shape index (κ2) is 4.39. The van der Waals surface area contributed by atoms with Crippen LogP contribution in [0.1, 0.15) is 5.56 Å². The molecule has 0 aliphatic carbocycles. The van der Waals surface area contributed by atoms with Crippen LogP contribution in [-0.2, 0) is 10.2 Å². The molecule has 1 saturated heterocycles. The number of methoxy groups -OCH3 is 1. The molecule has 1 aliphatic heterocycles. The van der Waals surface area contributed by atoms with Gasteiger partial charge in [0.1, 0.15) is 11.6 Å². The van der Waals surface area contributed by atoms with Crippen LogP contribution in [0.15, 0.2) is 18.2 Å². The maximum Gasteiger partial charge on any atom is 0.123 e. The molecule has 0 bridgehead atoms. The summed E-state index contributed by atoms with van der Waals surface area (Å²) in [6, 6.07) is 4.62. The Labute approximate surface area is 94.6 Å². The van der Waals surface area contributed by atoms with Gasteiger partial charge in [-0.05, 0) is 25.2 Å². The zero-order valence-electron chi connectivity index (χ0n) is 9.55. The molecule has 88 valence electrons. The van der Waals surface area contributed by atoms with Crippen LogP contribution >= 0.6 is 0 Å². The molecule has 1 fully saturated rings. The Morgan fingerprint density at radius 1 is 1.50 bits per heavy atom. The summed E-state index contributed by atoms with van der Waals surface area (Å²) in [6.07, 6.45) is 0. The van der Waals surface area contributed by atoms with E-state index in [0.717, 1.165) is 17.9 Å². The fourth-order valence-electron chi connectivity index (χ4n) is 2.13. The first-order chi connectivity index (χ1) is 7.72. The number of benzene rings is 1. The molecule has 0 aromatic heterocycles. The zero-order valence-corrected chi connectivity index (χ0v) is 9.55. The normalized spacial score (nSPS) is 17.9. The summed E-state index contributed by atoms with van der Waals surface area (Å²) in [4.78, 5) is 0. The second-order valence-electron chi connectivity index (χ2n) is 4.15. The van der Waals surface area contributed by atoms with Crippen molar-refractivity contribution in [2.45, 2.75) is 5.41 Å². The summed E-state index contributed by atoms with van der Waals surface area (Å²) in [7, 11) is 3.48.